The van der Waals surface area contributed by atoms with E-state index in [1.807, 2.05) is 11.8 Å². The highest BCUT2D eigenvalue weighted by molar-refractivity contribution is 14.0. The quantitative estimate of drug-likeness (QED) is 0.223. The summed E-state index contributed by atoms with van der Waals surface area (Å²) in [7, 11) is 0. The number of ether oxygens (including phenoxy) is 1. The summed E-state index contributed by atoms with van der Waals surface area (Å²) in [5.74, 6) is 0.689. The Morgan fingerprint density at radius 1 is 1.22 bits per heavy atom. The van der Waals surface area contributed by atoms with Crippen LogP contribution in [0.5, 0.6) is 0 Å². The largest absolute Gasteiger partial charge is 0.450 e. The molecule has 1 fully saturated rings. The topological polar surface area (TPSA) is 100 Å². The normalized spacial score (nSPS) is 14.4. The van der Waals surface area contributed by atoms with E-state index in [2.05, 4.69) is 10.3 Å². The molecule has 150 valence electrons. The number of rotatable bonds is 5. The summed E-state index contributed by atoms with van der Waals surface area (Å²) in [5, 5.41) is 14.3. The van der Waals surface area contributed by atoms with E-state index in [1.165, 1.54) is 6.07 Å². The summed E-state index contributed by atoms with van der Waals surface area (Å²) in [4.78, 5) is 30.8. The highest BCUT2D eigenvalue weighted by atomic mass is 127. The first-order valence-electron chi connectivity index (χ1n) is 8.74. The summed E-state index contributed by atoms with van der Waals surface area (Å²) >= 11 is 0. The minimum atomic E-state index is -0.393. The van der Waals surface area contributed by atoms with Crippen molar-refractivity contribution < 1.29 is 14.5 Å². The number of halogens is 1. The molecule has 1 aromatic rings. The first-order valence-corrected chi connectivity index (χ1v) is 8.74. The Morgan fingerprint density at radius 3 is 2.44 bits per heavy atom. The molecule has 1 aliphatic rings. The second-order valence-corrected chi connectivity index (χ2v) is 5.73. The number of hydrogen-bond acceptors (Lipinski definition) is 5. The number of nitro benzene ring substituents is 1. The molecule has 1 heterocycles. The Bertz CT molecular complexity index is 662. The second kappa shape index (κ2) is 11.6. The maximum Gasteiger partial charge on any atom is 0.409 e. The molecule has 0 atom stereocenters. The third kappa shape index (κ3) is 6.52. The molecule has 1 aromatic carbocycles. The molecule has 0 radical (unpaired) electrons. The fourth-order valence-corrected chi connectivity index (χ4v) is 2.72. The number of hydrogen-bond donors (Lipinski definition) is 1. The van der Waals surface area contributed by atoms with Crippen molar-refractivity contribution in [3.05, 3.63) is 39.9 Å². The number of carbonyl (C=O) groups is 1. The molecule has 1 saturated heterocycles. The fraction of sp³-hybridized carbons (Fsp3) is 0.529. The van der Waals surface area contributed by atoms with Gasteiger partial charge in [0.1, 0.15) is 0 Å². The molecule has 1 N–H and O–H groups in total. The summed E-state index contributed by atoms with van der Waals surface area (Å²) in [6, 6.07) is 6.60. The summed E-state index contributed by atoms with van der Waals surface area (Å²) in [6.45, 7) is 7.37. The van der Waals surface area contributed by atoms with Crippen LogP contribution in [0.2, 0.25) is 0 Å². The summed E-state index contributed by atoms with van der Waals surface area (Å²) in [6.07, 6.45) is -0.297. The molecule has 2 rings (SSSR count). The lowest BCUT2D eigenvalue weighted by atomic mass is 10.2. The zero-order valence-electron chi connectivity index (χ0n) is 15.6. The number of benzene rings is 1. The van der Waals surface area contributed by atoms with E-state index >= 15 is 0 Å². The first kappa shape index (κ1) is 22.9. The molecule has 10 heteroatoms. The van der Waals surface area contributed by atoms with E-state index in [9.17, 15) is 14.9 Å². The van der Waals surface area contributed by atoms with Gasteiger partial charge in [-0.25, -0.2) is 9.79 Å². The van der Waals surface area contributed by atoms with Crippen LogP contribution < -0.4 is 5.32 Å². The van der Waals surface area contributed by atoms with Gasteiger partial charge >= 0.3 is 6.09 Å². The summed E-state index contributed by atoms with van der Waals surface area (Å²) in [5.41, 5.74) is 0.636. The van der Waals surface area contributed by atoms with Gasteiger partial charge in [0.15, 0.2) is 5.96 Å². The Morgan fingerprint density at radius 2 is 1.85 bits per heavy atom. The molecule has 0 saturated carbocycles. The second-order valence-electron chi connectivity index (χ2n) is 5.73. The van der Waals surface area contributed by atoms with Gasteiger partial charge in [-0.2, -0.15) is 0 Å². The molecule has 9 nitrogen and oxygen atoms in total. The molecular weight excluding hydrogens is 465 g/mol. The average molecular weight is 491 g/mol. The molecule has 0 unspecified atom stereocenters. The van der Waals surface area contributed by atoms with Crippen molar-refractivity contribution in [2.45, 2.75) is 20.4 Å². The number of nitrogens with zero attached hydrogens (tertiary/aromatic N) is 4. The molecule has 1 amide bonds. The van der Waals surface area contributed by atoms with E-state index in [4.69, 9.17) is 4.74 Å². The van der Waals surface area contributed by atoms with Gasteiger partial charge in [-0.15, -0.1) is 24.0 Å². The molecule has 27 heavy (non-hydrogen) atoms. The molecule has 0 aromatic heterocycles. The van der Waals surface area contributed by atoms with Crippen LogP contribution in [0.15, 0.2) is 29.3 Å². The number of nitro groups is 1. The standard InChI is InChI=1S/C17H25N5O4.HI/c1-3-18-16(19-13-14-7-5-6-8-15(14)22(24)25)20-9-11-21(12-10-20)17(23)26-4-2;/h5-8H,3-4,9-13H2,1-2H3,(H,18,19);1H. The molecule has 0 aliphatic carbocycles. The number of carbonyl (C=O) groups excluding carboxylic acids is 1. The van der Waals surface area contributed by atoms with Crippen molar-refractivity contribution in [2.75, 3.05) is 39.3 Å². The smallest absolute Gasteiger partial charge is 0.409 e. The Kier molecular flexibility index (Phi) is 9.83. The van der Waals surface area contributed by atoms with Crippen molar-refractivity contribution in [1.82, 2.24) is 15.1 Å². The van der Waals surface area contributed by atoms with Gasteiger partial charge in [0, 0.05) is 38.8 Å². The van der Waals surface area contributed by atoms with E-state index in [-0.39, 0.29) is 42.3 Å². The predicted molar refractivity (Wildman–Crippen MR) is 113 cm³/mol. The molecular formula is C17H26IN5O4. The van der Waals surface area contributed by atoms with Crippen molar-refractivity contribution in [3.63, 3.8) is 0 Å². The number of guanidine groups is 1. The van der Waals surface area contributed by atoms with Crippen LogP contribution >= 0.6 is 24.0 Å². The van der Waals surface area contributed by atoms with Crippen molar-refractivity contribution in [2.24, 2.45) is 4.99 Å². The van der Waals surface area contributed by atoms with Gasteiger partial charge in [0.05, 0.1) is 23.6 Å². The lowest BCUT2D eigenvalue weighted by Gasteiger charge is -2.35. The lowest BCUT2D eigenvalue weighted by molar-refractivity contribution is -0.385. The van der Waals surface area contributed by atoms with Gasteiger partial charge in [-0.05, 0) is 13.8 Å². The summed E-state index contributed by atoms with van der Waals surface area (Å²) < 4.78 is 5.02. The third-order valence-corrected chi connectivity index (χ3v) is 4.03. The van der Waals surface area contributed by atoms with Crippen LogP contribution in [0.25, 0.3) is 0 Å². The zero-order valence-corrected chi connectivity index (χ0v) is 17.9. The lowest BCUT2D eigenvalue weighted by Crippen LogP contribution is -2.53. The maximum atomic E-state index is 11.8. The monoisotopic (exact) mass is 491 g/mol. The van der Waals surface area contributed by atoms with E-state index in [1.54, 1.807) is 30.0 Å². The van der Waals surface area contributed by atoms with Crippen molar-refractivity contribution in [3.8, 4) is 0 Å². The Labute approximate surface area is 175 Å². The fourth-order valence-electron chi connectivity index (χ4n) is 2.72. The average Bonchev–Trinajstić information content (AvgIpc) is 2.65. The van der Waals surface area contributed by atoms with Gasteiger partial charge in [-0.3, -0.25) is 10.1 Å². The van der Waals surface area contributed by atoms with Gasteiger partial charge in [0.25, 0.3) is 5.69 Å². The minimum Gasteiger partial charge on any atom is -0.450 e. The van der Waals surface area contributed by atoms with Gasteiger partial charge < -0.3 is 19.9 Å². The van der Waals surface area contributed by atoms with Crippen molar-refractivity contribution >= 4 is 41.7 Å². The van der Waals surface area contributed by atoms with Crippen LogP contribution in [0.4, 0.5) is 10.5 Å². The number of aliphatic imine (C=N–C) groups is 1. The van der Waals surface area contributed by atoms with Crippen LogP contribution in [-0.2, 0) is 11.3 Å². The van der Waals surface area contributed by atoms with Crippen LogP contribution in [0.3, 0.4) is 0 Å². The number of piperazine rings is 1. The molecule has 0 spiro atoms. The first-order chi connectivity index (χ1) is 12.6. The van der Waals surface area contributed by atoms with Crippen LogP contribution in [-0.4, -0.2) is 66.1 Å². The minimum absolute atomic E-state index is 0. The van der Waals surface area contributed by atoms with Crippen LogP contribution in [0.1, 0.15) is 19.4 Å². The maximum absolute atomic E-state index is 11.8. The number of para-hydroxylation sites is 1. The number of nitrogens with one attached hydrogen (secondary N) is 1. The molecule has 0 bridgehead atoms. The number of amides is 1. The third-order valence-electron chi connectivity index (χ3n) is 4.03. The zero-order chi connectivity index (χ0) is 18.9. The highest BCUT2D eigenvalue weighted by Gasteiger charge is 2.24. The van der Waals surface area contributed by atoms with Gasteiger partial charge in [0.2, 0.25) is 0 Å². The SMILES string of the molecule is CCNC(=NCc1ccccc1[N+](=O)[O-])N1CCN(C(=O)OCC)CC1.I. The molecule has 1 aliphatic heterocycles. The van der Waals surface area contributed by atoms with Crippen molar-refractivity contribution in [1.29, 1.82) is 0 Å². The van der Waals surface area contributed by atoms with E-state index in [0.29, 0.717) is 50.9 Å². The predicted octanol–water partition coefficient (Wildman–Crippen LogP) is 2.45. The Balaban J connectivity index is 0.00000364. The van der Waals surface area contributed by atoms with E-state index < -0.39 is 4.92 Å². The van der Waals surface area contributed by atoms with E-state index in [0.717, 1.165) is 0 Å². The Hall–Kier alpha value is -2.11. The highest BCUT2D eigenvalue weighted by Crippen LogP contribution is 2.18. The van der Waals surface area contributed by atoms with Crippen LogP contribution in [0, 0.1) is 10.1 Å². The van der Waals surface area contributed by atoms with Gasteiger partial charge in [-0.1, -0.05) is 18.2 Å².